The van der Waals surface area contributed by atoms with Crippen molar-refractivity contribution >= 4 is 17.7 Å². The van der Waals surface area contributed by atoms with Crippen molar-refractivity contribution in [3.8, 4) is 5.75 Å². The first kappa shape index (κ1) is 17.1. The molecule has 0 aliphatic heterocycles. The summed E-state index contributed by atoms with van der Waals surface area (Å²) < 4.78 is 23.3. The molecule has 6 nitrogen and oxygen atoms in total. The van der Waals surface area contributed by atoms with Gasteiger partial charge in [0.25, 0.3) is 5.69 Å². The zero-order chi connectivity index (χ0) is 17.5. The monoisotopic (exact) mass is 331 g/mol. The molecule has 0 heterocycles. The Kier molecular flexibility index (Phi) is 5.62. The Labute approximate surface area is 137 Å². The first-order valence-corrected chi connectivity index (χ1v) is 6.91. The lowest BCUT2D eigenvalue weighted by Gasteiger charge is -2.03. The van der Waals surface area contributed by atoms with E-state index >= 15 is 0 Å². The van der Waals surface area contributed by atoms with E-state index in [4.69, 9.17) is 9.47 Å². The summed E-state index contributed by atoms with van der Waals surface area (Å²) >= 11 is 0. The van der Waals surface area contributed by atoms with Crippen LogP contribution in [0.25, 0.3) is 6.08 Å². The topological polar surface area (TPSA) is 78.7 Å². The highest BCUT2D eigenvalue weighted by molar-refractivity contribution is 5.87. The summed E-state index contributed by atoms with van der Waals surface area (Å²) in [5.41, 5.74) is 1.07. The van der Waals surface area contributed by atoms with Crippen LogP contribution in [0, 0.1) is 15.9 Å². The molecule has 2 aromatic rings. The van der Waals surface area contributed by atoms with Gasteiger partial charge in [0.15, 0.2) is 11.6 Å². The molecular formula is C17H14FNO5. The highest BCUT2D eigenvalue weighted by Crippen LogP contribution is 2.18. The molecule has 0 aromatic heterocycles. The van der Waals surface area contributed by atoms with Gasteiger partial charge < -0.3 is 9.47 Å². The van der Waals surface area contributed by atoms with E-state index in [0.29, 0.717) is 11.1 Å². The molecule has 0 amide bonds. The van der Waals surface area contributed by atoms with Crippen molar-refractivity contribution < 1.29 is 23.6 Å². The van der Waals surface area contributed by atoms with Crippen molar-refractivity contribution in [2.75, 3.05) is 7.11 Å². The maximum atomic E-state index is 13.5. The third kappa shape index (κ3) is 4.64. The number of non-ortho nitro benzene ring substituents is 1. The van der Waals surface area contributed by atoms with Crippen molar-refractivity contribution in [1.29, 1.82) is 0 Å². The van der Waals surface area contributed by atoms with Crippen LogP contribution in [0.3, 0.4) is 0 Å². The Hall–Kier alpha value is -3.22. The van der Waals surface area contributed by atoms with Crippen LogP contribution in [0.1, 0.15) is 11.1 Å². The standard InChI is InChI=1S/C17H14FNO5/c1-23-16-8-4-12(10-15(16)18)5-9-17(20)24-11-13-2-6-14(7-3-13)19(21)22/h2-10H,11H2,1H3/b9-5+. The van der Waals surface area contributed by atoms with Crippen molar-refractivity contribution in [1.82, 2.24) is 0 Å². The van der Waals surface area contributed by atoms with E-state index in [-0.39, 0.29) is 18.0 Å². The minimum absolute atomic E-state index is 0.0157. The highest BCUT2D eigenvalue weighted by atomic mass is 19.1. The van der Waals surface area contributed by atoms with E-state index in [1.165, 1.54) is 55.7 Å². The second kappa shape index (κ2) is 7.87. The molecule has 124 valence electrons. The number of methoxy groups -OCH3 is 1. The zero-order valence-electron chi connectivity index (χ0n) is 12.8. The van der Waals surface area contributed by atoms with E-state index in [1.807, 2.05) is 0 Å². The van der Waals surface area contributed by atoms with Crippen molar-refractivity contribution in [2.45, 2.75) is 6.61 Å². The van der Waals surface area contributed by atoms with Crippen LogP contribution in [-0.4, -0.2) is 18.0 Å². The van der Waals surface area contributed by atoms with E-state index < -0.39 is 16.7 Å². The molecule has 0 aliphatic rings. The lowest BCUT2D eigenvalue weighted by atomic mass is 10.2. The quantitative estimate of drug-likeness (QED) is 0.350. The van der Waals surface area contributed by atoms with E-state index in [2.05, 4.69) is 0 Å². The molecule has 24 heavy (non-hydrogen) atoms. The van der Waals surface area contributed by atoms with Gasteiger partial charge in [-0.25, -0.2) is 9.18 Å². The molecule has 0 bridgehead atoms. The third-order valence-electron chi connectivity index (χ3n) is 3.12. The Morgan fingerprint density at radius 2 is 1.96 bits per heavy atom. The predicted octanol–water partition coefficient (Wildman–Crippen LogP) is 3.50. The molecule has 0 N–H and O–H groups in total. The fourth-order valence-corrected chi connectivity index (χ4v) is 1.87. The minimum atomic E-state index is -0.607. The maximum Gasteiger partial charge on any atom is 0.331 e. The van der Waals surface area contributed by atoms with E-state index in [9.17, 15) is 19.3 Å². The Morgan fingerprint density at radius 3 is 2.54 bits per heavy atom. The van der Waals surface area contributed by atoms with Crippen LogP contribution in [0.5, 0.6) is 5.75 Å². The number of hydrogen-bond donors (Lipinski definition) is 0. The molecule has 2 rings (SSSR count). The van der Waals surface area contributed by atoms with Gasteiger partial charge in [0.2, 0.25) is 0 Å². The van der Waals surface area contributed by atoms with Gasteiger partial charge in [-0.2, -0.15) is 0 Å². The Bertz CT molecular complexity index is 771. The number of nitrogens with zero attached hydrogens (tertiary/aromatic N) is 1. The molecule has 0 saturated carbocycles. The van der Waals surface area contributed by atoms with Crippen molar-refractivity contribution in [3.63, 3.8) is 0 Å². The summed E-state index contributed by atoms with van der Waals surface area (Å²) in [6.45, 7) is -0.0157. The molecule has 0 aliphatic carbocycles. The second-order valence-corrected chi connectivity index (χ2v) is 4.76. The summed E-state index contributed by atoms with van der Waals surface area (Å²) in [4.78, 5) is 21.7. The Balaban J connectivity index is 1.90. The fourth-order valence-electron chi connectivity index (χ4n) is 1.87. The van der Waals surface area contributed by atoms with E-state index in [1.54, 1.807) is 6.07 Å². The number of ether oxygens (including phenoxy) is 2. The van der Waals surface area contributed by atoms with Crippen LogP contribution in [-0.2, 0) is 16.1 Å². The maximum absolute atomic E-state index is 13.5. The number of hydrogen-bond acceptors (Lipinski definition) is 5. The second-order valence-electron chi connectivity index (χ2n) is 4.76. The first-order valence-electron chi connectivity index (χ1n) is 6.91. The molecule has 0 atom stereocenters. The number of carbonyl (C=O) groups is 1. The number of carbonyl (C=O) groups excluding carboxylic acids is 1. The van der Waals surface area contributed by atoms with Gasteiger partial charge in [0.05, 0.1) is 12.0 Å². The summed E-state index contributed by atoms with van der Waals surface area (Å²) in [7, 11) is 1.36. The average molecular weight is 331 g/mol. The SMILES string of the molecule is COc1ccc(/C=C/C(=O)OCc2ccc([N+](=O)[O-])cc2)cc1F. The van der Waals surface area contributed by atoms with Crippen molar-refractivity contribution in [2.24, 2.45) is 0 Å². The first-order chi connectivity index (χ1) is 11.5. The number of nitro groups is 1. The number of benzene rings is 2. The smallest absolute Gasteiger partial charge is 0.331 e. The molecule has 2 aromatic carbocycles. The lowest BCUT2D eigenvalue weighted by Crippen LogP contribution is -2.01. The number of nitro benzene ring substituents is 1. The van der Waals surface area contributed by atoms with Crippen LogP contribution in [0.4, 0.5) is 10.1 Å². The summed E-state index contributed by atoms with van der Waals surface area (Å²) in [5.74, 6) is -1.02. The van der Waals surface area contributed by atoms with E-state index in [0.717, 1.165) is 0 Å². The summed E-state index contributed by atoms with van der Waals surface area (Å²) in [6.07, 6.45) is 2.59. The third-order valence-corrected chi connectivity index (χ3v) is 3.12. The molecule has 0 saturated heterocycles. The average Bonchev–Trinajstić information content (AvgIpc) is 2.58. The molecule has 0 fully saturated rings. The predicted molar refractivity (Wildman–Crippen MR) is 84.9 cm³/mol. The van der Waals surface area contributed by atoms with Crippen LogP contribution in [0.2, 0.25) is 0 Å². The van der Waals surface area contributed by atoms with Gasteiger partial charge in [-0.3, -0.25) is 10.1 Å². The number of rotatable bonds is 6. The largest absolute Gasteiger partial charge is 0.494 e. The van der Waals surface area contributed by atoms with Gasteiger partial charge >= 0.3 is 5.97 Å². The Morgan fingerprint density at radius 1 is 1.25 bits per heavy atom. The minimum Gasteiger partial charge on any atom is -0.494 e. The van der Waals surface area contributed by atoms with Gasteiger partial charge in [-0.15, -0.1) is 0 Å². The van der Waals surface area contributed by atoms with Gasteiger partial charge in [-0.1, -0.05) is 6.07 Å². The van der Waals surface area contributed by atoms with Gasteiger partial charge in [0.1, 0.15) is 6.61 Å². The fraction of sp³-hybridized carbons (Fsp3) is 0.118. The van der Waals surface area contributed by atoms with Crippen LogP contribution in [0.15, 0.2) is 48.5 Å². The number of halogens is 1. The molecule has 0 unspecified atom stereocenters. The highest BCUT2D eigenvalue weighted by Gasteiger charge is 2.05. The van der Waals surface area contributed by atoms with Crippen LogP contribution < -0.4 is 4.74 Å². The molecular weight excluding hydrogens is 317 g/mol. The van der Waals surface area contributed by atoms with Gasteiger partial charge in [-0.05, 0) is 41.5 Å². The molecule has 0 spiro atoms. The summed E-state index contributed by atoms with van der Waals surface area (Å²) in [5, 5.41) is 10.5. The normalized spacial score (nSPS) is 10.6. The number of esters is 1. The van der Waals surface area contributed by atoms with Gasteiger partial charge in [0, 0.05) is 18.2 Å². The molecule has 0 radical (unpaired) electrons. The van der Waals surface area contributed by atoms with Crippen molar-refractivity contribution in [3.05, 3.63) is 75.6 Å². The zero-order valence-corrected chi connectivity index (χ0v) is 12.8. The van der Waals surface area contributed by atoms with Crippen LogP contribution >= 0.6 is 0 Å². The molecule has 7 heteroatoms. The lowest BCUT2D eigenvalue weighted by molar-refractivity contribution is -0.384. The summed E-state index contributed by atoms with van der Waals surface area (Å²) in [6, 6.07) is 9.97.